The lowest BCUT2D eigenvalue weighted by Gasteiger charge is -2.06. The number of esters is 1. The largest absolute Gasteiger partial charge is 0.421 e. The minimum Gasteiger partial charge on any atom is -0.421 e. The van der Waals surface area contributed by atoms with Gasteiger partial charge in [0.05, 0.1) is 10.6 Å². The zero-order valence-electron chi connectivity index (χ0n) is 9.70. The molecule has 0 bridgehead atoms. The number of hydrogen-bond donors (Lipinski definition) is 0. The summed E-state index contributed by atoms with van der Waals surface area (Å²) in [5, 5.41) is 0.773. The Morgan fingerprint density at radius 2 is 1.74 bits per heavy atom. The summed E-state index contributed by atoms with van der Waals surface area (Å²) in [5.74, 6) is 0.195. The van der Waals surface area contributed by atoms with Crippen LogP contribution in [0.25, 0.3) is 0 Å². The van der Waals surface area contributed by atoms with E-state index >= 15 is 0 Å². The molecule has 19 heavy (non-hydrogen) atoms. The van der Waals surface area contributed by atoms with Crippen LogP contribution in [0.1, 0.15) is 15.9 Å². The fraction of sp³-hybridized carbons (Fsp3) is 0.0714. The molecule has 2 aromatic rings. The number of ether oxygens (including phenoxy) is 1. The lowest BCUT2D eigenvalue weighted by Crippen LogP contribution is -2.08. The smallest absolute Gasteiger partial charge is 0.343 e. The molecule has 0 aliphatic heterocycles. The highest BCUT2D eigenvalue weighted by Crippen LogP contribution is 2.28. The maximum Gasteiger partial charge on any atom is 0.343 e. The molecule has 0 unspecified atom stereocenters. The number of carbonyl (C=O) groups is 1. The SMILES string of the molecule is O=C(Oc1ccc(Cl)cc1Cl)c1ccc(CCl)cc1. The van der Waals surface area contributed by atoms with Gasteiger partial charge in [-0.15, -0.1) is 11.6 Å². The van der Waals surface area contributed by atoms with E-state index < -0.39 is 5.97 Å². The van der Waals surface area contributed by atoms with Gasteiger partial charge in [-0.3, -0.25) is 0 Å². The van der Waals surface area contributed by atoms with Crippen LogP contribution in [0, 0.1) is 0 Å². The molecule has 2 rings (SSSR count). The summed E-state index contributed by atoms with van der Waals surface area (Å²) in [5.41, 5.74) is 1.36. The third-order valence-electron chi connectivity index (χ3n) is 2.44. The molecule has 0 aromatic heterocycles. The van der Waals surface area contributed by atoms with E-state index in [4.69, 9.17) is 39.5 Å². The highest BCUT2D eigenvalue weighted by molar-refractivity contribution is 6.35. The van der Waals surface area contributed by atoms with Crippen LogP contribution in [0.4, 0.5) is 0 Å². The first-order valence-corrected chi connectivity index (χ1v) is 6.71. The summed E-state index contributed by atoms with van der Waals surface area (Å²) in [6.45, 7) is 0. The molecule has 2 aromatic carbocycles. The average Bonchev–Trinajstić information content (AvgIpc) is 2.42. The van der Waals surface area contributed by atoms with E-state index in [-0.39, 0.29) is 5.75 Å². The number of carbonyl (C=O) groups excluding carboxylic acids is 1. The van der Waals surface area contributed by atoms with Crippen molar-refractivity contribution in [2.24, 2.45) is 0 Å². The van der Waals surface area contributed by atoms with Crippen LogP contribution >= 0.6 is 34.8 Å². The summed E-state index contributed by atoms with van der Waals surface area (Å²) in [7, 11) is 0. The average molecular weight is 316 g/mol. The molecule has 0 atom stereocenters. The summed E-state index contributed by atoms with van der Waals surface area (Å²) < 4.78 is 5.20. The molecule has 98 valence electrons. The molecule has 0 amide bonds. The van der Waals surface area contributed by atoms with Crippen molar-refractivity contribution < 1.29 is 9.53 Å². The minimum atomic E-state index is -0.481. The van der Waals surface area contributed by atoms with Crippen LogP contribution < -0.4 is 4.74 Å². The number of alkyl halides is 1. The van der Waals surface area contributed by atoms with Gasteiger partial charge in [0.25, 0.3) is 0 Å². The molecule has 2 nitrogen and oxygen atoms in total. The van der Waals surface area contributed by atoms with Crippen molar-refractivity contribution in [2.75, 3.05) is 0 Å². The van der Waals surface area contributed by atoms with Gasteiger partial charge >= 0.3 is 5.97 Å². The van der Waals surface area contributed by atoms with Gasteiger partial charge in [-0.2, -0.15) is 0 Å². The number of rotatable bonds is 3. The second-order valence-electron chi connectivity index (χ2n) is 3.79. The Hall–Kier alpha value is -1.22. The minimum absolute atomic E-state index is 0.275. The van der Waals surface area contributed by atoms with E-state index in [1.54, 1.807) is 36.4 Å². The van der Waals surface area contributed by atoms with Gasteiger partial charge in [0.15, 0.2) is 0 Å². The molecule has 0 aliphatic carbocycles. The number of hydrogen-bond acceptors (Lipinski definition) is 2. The van der Waals surface area contributed by atoms with Crippen molar-refractivity contribution in [1.82, 2.24) is 0 Å². The molecule has 0 saturated heterocycles. The van der Waals surface area contributed by atoms with Gasteiger partial charge in [-0.05, 0) is 35.9 Å². The second kappa shape index (κ2) is 6.29. The third kappa shape index (κ3) is 3.63. The van der Waals surface area contributed by atoms with Crippen molar-refractivity contribution in [1.29, 1.82) is 0 Å². The van der Waals surface area contributed by atoms with Gasteiger partial charge < -0.3 is 4.74 Å². The van der Waals surface area contributed by atoms with E-state index in [0.717, 1.165) is 5.56 Å². The van der Waals surface area contributed by atoms with Crippen LogP contribution in [0.5, 0.6) is 5.75 Å². The zero-order valence-corrected chi connectivity index (χ0v) is 12.0. The highest BCUT2D eigenvalue weighted by Gasteiger charge is 2.11. The van der Waals surface area contributed by atoms with Crippen LogP contribution in [0.15, 0.2) is 42.5 Å². The van der Waals surface area contributed by atoms with Crippen molar-refractivity contribution in [2.45, 2.75) is 5.88 Å². The first-order chi connectivity index (χ1) is 9.10. The first-order valence-electron chi connectivity index (χ1n) is 5.42. The molecule has 0 N–H and O–H groups in total. The van der Waals surface area contributed by atoms with Crippen molar-refractivity contribution in [3.05, 3.63) is 63.6 Å². The van der Waals surface area contributed by atoms with Gasteiger partial charge in [0.2, 0.25) is 0 Å². The normalized spacial score (nSPS) is 10.3. The summed E-state index contributed by atoms with van der Waals surface area (Å²) in [6, 6.07) is 11.5. The Balaban J connectivity index is 2.15. The van der Waals surface area contributed by atoms with Gasteiger partial charge in [0.1, 0.15) is 5.75 Å². The molecule has 0 aliphatic rings. The maximum atomic E-state index is 11.9. The highest BCUT2D eigenvalue weighted by atomic mass is 35.5. The number of benzene rings is 2. The molecular formula is C14H9Cl3O2. The lowest BCUT2D eigenvalue weighted by atomic mass is 10.1. The molecule has 5 heteroatoms. The maximum absolute atomic E-state index is 11.9. The van der Waals surface area contributed by atoms with Crippen LogP contribution in [-0.2, 0) is 5.88 Å². The predicted octanol–water partition coefficient (Wildman–Crippen LogP) is 4.95. The zero-order chi connectivity index (χ0) is 13.8. The Labute approximate surface area is 125 Å². The summed E-state index contributed by atoms with van der Waals surface area (Å²) in [6.07, 6.45) is 0. The Morgan fingerprint density at radius 3 is 2.32 bits per heavy atom. The Morgan fingerprint density at radius 1 is 1.05 bits per heavy atom. The molecule has 0 fully saturated rings. The fourth-order valence-electron chi connectivity index (χ4n) is 1.45. The monoisotopic (exact) mass is 314 g/mol. The van der Waals surface area contributed by atoms with Gasteiger partial charge in [0, 0.05) is 10.9 Å². The van der Waals surface area contributed by atoms with E-state index in [9.17, 15) is 4.79 Å². The number of halogens is 3. The molecule has 0 heterocycles. The Kier molecular flexibility index (Phi) is 4.70. The fourth-order valence-corrected chi connectivity index (χ4v) is 2.07. The van der Waals surface area contributed by atoms with Crippen LogP contribution in [-0.4, -0.2) is 5.97 Å². The lowest BCUT2D eigenvalue weighted by molar-refractivity contribution is 0.0735. The van der Waals surface area contributed by atoms with Gasteiger partial charge in [-0.25, -0.2) is 4.79 Å². The van der Waals surface area contributed by atoms with Crippen molar-refractivity contribution >= 4 is 40.8 Å². The quantitative estimate of drug-likeness (QED) is 0.455. The molecule has 0 spiro atoms. The predicted molar refractivity (Wildman–Crippen MR) is 77.4 cm³/mol. The third-order valence-corrected chi connectivity index (χ3v) is 3.28. The van der Waals surface area contributed by atoms with Gasteiger partial charge in [-0.1, -0.05) is 35.3 Å². The van der Waals surface area contributed by atoms with E-state index in [0.29, 0.717) is 21.5 Å². The standard InChI is InChI=1S/C14H9Cl3O2/c15-8-9-1-3-10(4-2-9)14(18)19-13-6-5-11(16)7-12(13)17/h1-7H,8H2. The van der Waals surface area contributed by atoms with Crippen molar-refractivity contribution in [3.8, 4) is 5.75 Å². The van der Waals surface area contributed by atoms with E-state index in [2.05, 4.69) is 0 Å². The first kappa shape index (κ1) is 14.2. The second-order valence-corrected chi connectivity index (χ2v) is 4.91. The van der Waals surface area contributed by atoms with Crippen LogP contribution in [0.3, 0.4) is 0 Å². The molecule has 0 saturated carbocycles. The van der Waals surface area contributed by atoms with E-state index in [1.807, 2.05) is 0 Å². The van der Waals surface area contributed by atoms with Crippen LogP contribution in [0.2, 0.25) is 10.0 Å². The molecule has 0 radical (unpaired) electrons. The summed E-state index contributed by atoms with van der Waals surface area (Å²) in [4.78, 5) is 11.9. The van der Waals surface area contributed by atoms with Crippen molar-refractivity contribution in [3.63, 3.8) is 0 Å². The summed E-state index contributed by atoms with van der Waals surface area (Å²) >= 11 is 17.4. The molecular weight excluding hydrogens is 307 g/mol. The topological polar surface area (TPSA) is 26.3 Å². The Bertz CT molecular complexity index is 594. The van der Waals surface area contributed by atoms with E-state index in [1.165, 1.54) is 6.07 Å².